The van der Waals surface area contributed by atoms with Gasteiger partial charge in [0, 0.05) is 18.7 Å². The van der Waals surface area contributed by atoms with Crippen LogP contribution in [0.1, 0.15) is 10.5 Å². The van der Waals surface area contributed by atoms with Crippen molar-refractivity contribution in [3.63, 3.8) is 0 Å². The van der Waals surface area contributed by atoms with Crippen molar-refractivity contribution in [1.82, 2.24) is 4.57 Å². The molecule has 0 amide bonds. The fourth-order valence-corrected chi connectivity index (χ4v) is 3.30. The molecule has 1 atom stereocenters. The molecule has 0 radical (unpaired) electrons. The summed E-state index contributed by atoms with van der Waals surface area (Å²) in [5.41, 5.74) is 1.19. The number of carbonyl (C=O) groups excluding carboxylic acids is 1. The van der Waals surface area contributed by atoms with E-state index in [4.69, 9.17) is 4.74 Å². The summed E-state index contributed by atoms with van der Waals surface area (Å²) in [5, 5.41) is -0.275. The number of para-hydroxylation sites is 1. The van der Waals surface area contributed by atoms with Gasteiger partial charge in [0.15, 0.2) is 20.8 Å². The van der Waals surface area contributed by atoms with Gasteiger partial charge in [0.2, 0.25) is 5.78 Å². The second-order valence-corrected chi connectivity index (χ2v) is 6.98. The number of nitrogens with zero attached hydrogens (tertiary/aromatic N) is 1. The first-order valence-electron chi connectivity index (χ1n) is 5.84. The Balaban J connectivity index is 2.28. The van der Waals surface area contributed by atoms with Gasteiger partial charge in [-0.05, 0) is 12.1 Å². The number of hydrogen-bond donors (Lipinski definition) is 0. The van der Waals surface area contributed by atoms with Gasteiger partial charge in [-0.15, -0.1) is 0 Å². The summed E-state index contributed by atoms with van der Waals surface area (Å²) in [6, 6.07) is 7.47. The van der Waals surface area contributed by atoms with E-state index in [9.17, 15) is 13.2 Å². The van der Waals surface area contributed by atoms with Crippen LogP contribution in [-0.2, 0) is 16.9 Å². The van der Waals surface area contributed by atoms with E-state index in [2.05, 4.69) is 0 Å². The molecule has 2 aromatic rings. The van der Waals surface area contributed by atoms with Crippen LogP contribution < -0.4 is 4.74 Å². The first-order valence-corrected chi connectivity index (χ1v) is 7.80. The van der Waals surface area contributed by atoms with E-state index in [0.717, 1.165) is 17.2 Å². The van der Waals surface area contributed by atoms with E-state index < -0.39 is 15.1 Å². The Morgan fingerprint density at radius 2 is 2.00 bits per heavy atom. The van der Waals surface area contributed by atoms with Crippen molar-refractivity contribution in [2.45, 2.75) is 5.25 Å². The van der Waals surface area contributed by atoms with E-state index in [1.165, 1.54) is 0 Å². The molecule has 0 fully saturated rings. The van der Waals surface area contributed by atoms with Crippen molar-refractivity contribution < 1.29 is 17.9 Å². The molecule has 6 heteroatoms. The van der Waals surface area contributed by atoms with Gasteiger partial charge in [-0.3, -0.25) is 4.79 Å². The van der Waals surface area contributed by atoms with Crippen LogP contribution in [0.2, 0.25) is 0 Å². The second kappa shape index (κ2) is 3.84. The number of aryl methyl sites for hydroxylation is 1. The highest BCUT2D eigenvalue weighted by atomic mass is 32.2. The van der Waals surface area contributed by atoms with E-state index >= 15 is 0 Å². The molecule has 19 heavy (non-hydrogen) atoms. The summed E-state index contributed by atoms with van der Waals surface area (Å²) in [4.78, 5) is 12.4. The van der Waals surface area contributed by atoms with Crippen molar-refractivity contribution in [3.8, 4) is 5.75 Å². The van der Waals surface area contributed by atoms with Gasteiger partial charge in [-0.2, -0.15) is 0 Å². The van der Waals surface area contributed by atoms with Crippen LogP contribution in [0.3, 0.4) is 0 Å². The standard InChI is InChI=1S/C13H13NO4S/c1-14-9-6-4-3-5-8(9)13-11(14)12(15)10(7-18-13)19(2,16)17/h3-6,10H,7H2,1-2H3. The molecule has 1 aromatic carbocycles. The average Bonchev–Trinajstić information content (AvgIpc) is 2.64. The Morgan fingerprint density at radius 3 is 2.68 bits per heavy atom. The van der Waals surface area contributed by atoms with Crippen molar-refractivity contribution in [3.05, 3.63) is 30.0 Å². The van der Waals surface area contributed by atoms with Crippen molar-refractivity contribution >= 4 is 26.5 Å². The highest BCUT2D eigenvalue weighted by molar-refractivity contribution is 7.92. The number of ketones is 1. The van der Waals surface area contributed by atoms with Gasteiger partial charge in [-0.25, -0.2) is 8.42 Å². The molecule has 1 aromatic heterocycles. The number of carbonyl (C=O) groups is 1. The molecule has 100 valence electrons. The van der Waals surface area contributed by atoms with Crippen LogP contribution >= 0.6 is 0 Å². The Labute approximate surface area is 110 Å². The number of sulfone groups is 1. The van der Waals surface area contributed by atoms with Crippen LogP contribution in [0.15, 0.2) is 24.3 Å². The zero-order chi connectivity index (χ0) is 13.8. The van der Waals surface area contributed by atoms with Crippen molar-refractivity contribution in [2.75, 3.05) is 12.9 Å². The molecule has 5 nitrogen and oxygen atoms in total. The Morgan fingerprint density at radius 1 is 1.32 bits per heavy atom. The smallest absolute Gasteiger partial charge is 0.204 e. The van der Waals surface area contributed by atoms with E-state index in [0.29, 0.717) is 11.4 Å². The lowest BCUT2D eigenvalue weighted by molar-refractivity contribution is 0.0931. The topological polar surface area (TPSA) is 65.4 Å². The van der Waals surface area contributed by atoms with Crippen LogP contribution in [0.25, 0.3) is 10.9 Å². The predicted octanol–water partition coefficient (Wildman–Crippen LogP) is 1.17. The van der Waals surface area contributed by atoms with Gasteiger partial charge in [0.25, 0.3) is 0 Å². The largest absolute Gasteiger partial charge is 0.489 e. The van der Waals surface area contributed by atoms with Gasteiger partial charge in [0.05, 0.1) is 5.52 Å². The van der Waals surface area contributed by atoms with Crippen molar-refractivity contribution in [2.24, 2.45) is 7.05 Å². The number of hydrogen-bond acceptors (Lipinski definition) is 4. The van der Waals surface area contributed by atoms with E-state index in [1.807, 2.05) is 24.3 Å². The summed E-state index contributed by atoms with van der Waals surface area (Å²) in [6.07, 6.45) is 1.06. The number of Topliss-reactive ketones (excluding diaryl/α,β-unsaturated/α-hetero) is 1. The summed E-state index contributed by atoms with van der Waals surface area (Å²) in [7, 11) is -1.72. The molecule has 1 unspecified atom stereocenters. The molecule has 1 aliphatic heterocycles. The fraction of sp³-hybridized carbons (Fsp3) is 0.308. The number of benzene rings is 1. The maximum atomic E-state index is 12.4. The monoisotopic (exact) mass is 279 g/mol. The van der Waals surface area contributed by atoms with E-state index in [1.54, 1.807) is 11.6 Å². The normalized spacial score (nSPS) is 19.3. The highest BCUT2D eigenvalue weighted by Gasteiger charge is 2.39. The van der Waals surface area contributed by atoms with Gasteiger partial charge >= 0.3 is 0 Å². The zero-order valence-corrected chi connectivity index (χ0v) is 11.4. The van der Waals surface area contributed by atoms with Crippen molar-refractivity contribution in [1.29, 1.82) is 0 Å². The quantitative estimate of drug-likeness (QED) is 0.786. The van der Waals surface area contributed by atoms with Gasteiger partial charge in [-0.1, -0.05) is 12.1 Å². The number of ether oxygens (including phenoxy) is 1. The maximum absolute atomic E-state index is 12.4. The molecule has 0 bridgehead atoms. The molecule has 0 saturated heterocycles. The predicted molar refractivity (Wildman–Crippen MR) is 71.4 cm³/mol. The van der Waals surface area contributed by atoms with Gasteiger partial charge in [0.1, 0.15) is 12.3 Å². The van der Waals surface area contributed by atoms with Crippen LogP contribution in [0, 0.1) is 0 Å². The molecule has 0 saturated carbocycles. The van der Waals surface area contributed by atoms with Crippen LogP contribution in [0.5, 0.6) is 5.75 Å². The molecule has 0 aliphatic carbocycles. The lowest BCUT2D eigenvalue weighted by Gasteiger charge is -2.21. The molecular formula is C13H13NO4S. The van der Waals surface area contributed by atoms with Crippen LogP contribution in [0.4, 0.5) is 0 Å². The Kier molecular flexibility index (Phi) is 2.47. The lowest BCUT2D eigenvalue weighted by Crippen LogP contribution is -2.39. The third kappa shape index (κ3) is 1.67. The SMILES string of the molecule is Cn1c2c(c3ccccc31)OCC(S(C)(=O)=O)C2=O. The molecule has 2 heterocycles. The first-order chi connectivity index (χ1) is 8.91. The average molecular weight is 279 g/mol. The molecule has 1 aliphatic rings. The Hall–Kier alpha value is -1.82. The fourth-order valence-electron chi connectivity index (χ4n) is 2.49. The summed E-state index contributed by atoms with van der Waals surface area (Å²) in [6.45, 7) is -0.112. The number of rotatable bonds is 1. The van der Waals surface area contributed by atoms with E-state index in [-0.39, 0.29) is 12.4 Å². The minimum Gasteiger partial charge on any atom is -0.489 e. The van der Waals surface area contributed by atoms with Crippen LogP contribution in [-0.4, -0.2) is 36.9 Å². The number of fused-ring (bicyclic) bond motifs is 3. The third-order valence-corrected chi connectivity index (χ3v) is 4.87. The summed E-state index contributed by atoms with van der Waals surface area (Å²) >= 11 is 0. The number of aromatic nitrogens is 1. The molecule has 0 N–H and O–H groups in total. The molecule has 0 spiro atoms. The Bertz CT molecular complexity index is 788. The maximum Gasteiger partial charge on any atom is 0.204 e. The highest BCUT2D eigenvalue weighted by Crippen LogP contribution is 2.36. The third-order valence-electron chi connectivity index (χ3n) is 3.48. The van der Waals surface area contributed by atoms with Gasteiger partial charge < -0.3 is 9.30 Å². The summed E-state index contributed by atoms with van der Waals surface area (Å²) < 4.78 is 30.5. The molecule has 3 rings (SSSR count). The minimum atomic E-state index is -3.46. The first kappa shape index (κ1) is 12.2. The second-order valence-electron chi connectivity index (χ2n) is 4.75. The molecular weight excluding hydrogens is 266 g/mol. The minimum absolute atomic E-state index is 0.112. The summed E-state index contributed by atoms with van der Waals surface area (Å²) in [5.74, 6) is 0.102. The lowest BCUT2D eigenvalue weighted by atomic mass is 10.1. The zero-order valence-electron chi connectivity index (χ0n) is 10.6.